The Labute approximate surface area is 286 Å². The highest BCUT2D eigenvalue weighted by Gasteiger charge is 2.34. The number of unbranched alkanes of at least 4 members (excludes halogenated alkanes) is 10. The maximum atomic E-state index is 12.3. The Bertz CT molecular complexity index is 1100. The Balaban J connectivity index is 1.76. The highest BCUT2D eigenvalue weighted by Crippen LogP contribution is 2.39. The lowest BCUT2D eigenvalue weighted by atomic mass is 9.99. The quantitative estimate of drug-likeness (QED) is 0.107. The fourth-order valence-electron chi connectivity index (χ4n) is 5.81. The van der Waals surface area contributed by atoms with Gasteiger partial charge in [0.1, 0.15) is 0 Å². The Hall–Kier alpha value is -1.38. The van der Waals surface area contributed by atoms with Crippen LogP contribution in [0.4, 0.5) is 5.69 Å². The summed E-state index contributed by atoms with van der Waals surface area (Å²) in [6.07, 6.45) is 15.1. The third kappa shape index (κ3) is 14.1. The summed E-state index contributed by atoms with van der Waals surface area (Å²) in [4.78, 5) is 14.9. The van der Waals surface area contributed by atoms with Crippen LogP contribution in [0.25, 0.3) is 0 Å². The molecule has 3 atom stereocenters. The molecule has 2 N–H and O–H groups in total. The lowest BCUT2D eigenvalue weighted by Crippen LogP contribution is -2.40. The molecule has 1 aliphatic heterocycles. The van der Waals surface area contributed by atoms with Crippen molar-refractivity contribution < 1.29 is 19.4 Å². The van der Waals surface area contributed by atoms with Crippen LogP contribution in [0, 0.1) is 0 Å². The predicted molar refractivity (Wildman–Crippen MR) is 187 cm³/mol. The largest absolute Gasteiger partial charge is 0.392 e. The zero-order valence-electron chi connectivity index (χ0n) is 27.1. The van der Waals surface area contributed by atoms with Crippen LogP contribution < -0.4 is 5.32 Å². The maximum absolute atomic E-state index is 12.3. The molecule has 2 aromatic rings. The number of halogens is 3. The number of amides is 1. The summed E-state index contributed by atoms with van der Waals surface area (Å²) in [5.41, 5.74) is 3.18. The summed E-state index contributed by atoms with van der Waals surface area (Å²) in [7, 11) is 0. The number of carbonyl (C=O) groups excluding carboxylic acids is 1. The first-order chi connectivity index (χ1) is 21.7. The fraction of sp³-hybridized carbons (Fsp3) is 0.639. The Kier molecular flexibility index (Phi) is 17.6. The minimum absolute atomic E-state index is 0.00127. The van der Waals surface area contributed by atoms with E-state index in [1.165, 1.54) is 77.0 Å². The van der Waals surface area contributed by atoms with Gasteiger partial charge in [0, 0.05) is 24.2 Å². The highest BCUT2D eigenvalue weighted by atomic mass is 35.6. The van der Waals surface area contributed by atoms with Crippen LogP contribution in [0.1, 0.15) is 126 Å². The minimum Gasteiger partial charge on any atom is -0.392 e. The third-order valence-corrected chi connectivity index (χ3v) is 8.92. The molecule has 0 saturated carbocycles. The van der Waals surface area contributed by atoms with Gasteiger partial charge in [-0.2, -0.15) is 0 Å². The Morgan fingerprint density at radius 2 is 1.44 bits per heavy atom. The van der Waals surface area contributed by atoms with Crippen LogP contribution >= 0.6 is 34.8 Å². The van der Waals surface area contributed by atoms with Crippen molar-refractivity contribution in [1.82, 2.24) is 4.90 Å². The molecular weight excluding hydrogens is 631 g/mol. The van der Waals surface area contributed by atoms with Crippen LogP contribution in [-0.4, -0.2) is 45.4 Å². The molecule has 0 aromatic heterocycles. The van der Waals surface area contributed by atoms with E-state index in [0.29, 0.717) is 5.69 Å². The number of benzene rings is 2. The number of nitrogens with zero attached hydrogens (tertiary/aromatic N) is 1. The van der Waals surface area contributed by atoms with Crippen LogP contribution in [0.5, 0.6) is 0 Å². The first kappa shape index (κ1) is 38.1. The number of carbonyl (C=O) groups is 1. The van der Waals surface area contributed by atoms with Gasteiger partial charge in [0.15, 0.2) is 6.29 Å². The van der Waals surface area contributed by atoms with Crippen molar-refractivity contribution >= 4 is 46.4 Å². The number of anilines is 1. The van der Waals surface area contributed by atoms with Crippen LogP contribution in [0.15, 0.2) is 48.5 Å². The molecule has 0 bridgehead atoms. The van der Waals surface area contributed by atoms with Crippen LogP contribution in [0.3, 0.4) is 0 Å². The van der Waals surface area contributed by atoms with Gasteiger partial charge in [0.05, 0.1) is 18.8 Å². The van der Waals surface area contributed by atoms with Crippen LogP contribution in [-0.2, 0) is 20.9 Å². The second kappa shape index (κ2) is 20.8. The van der Waals surface area contributed by atoms with Crippen molar-refractivity contribution in [2.75, 3.05) is 25.0 Å². The number of nitrogens with one attached hydrogen (secondary N) is 1. The van der Waals surface area contributed by atoms with Crippen LogP contribution in [0.2, 0.25) is 0 Å². The number of aliphatic hydroxyl groups excluding tert-OH is 1. The van der Waals surface area contributed by atoms with Crippen molar-refractivity contribution in [1.29, 1.82) is 0 Å². The van der Waals surface area contributed by atoms with E-state index in [1.54, 1.807) is 12.1 Å². The average Bonchev–Trinajstić information content (AvgIpc) is 3.03. The monoisotopic (exact) mass is 682 g/mol. The van der Waals surface area contributed by atoms with Gasteiger partial charge in [-0.25, -0.2) is 0 Å². The fourth-order valence-corrected chi connectivity index (χ4v) is 5.95. The summed E-state index contributed by atoms with van der Waals surface area (Å²) in [5.74, 6) is -0.727. The lowest BCUT2D eigenvalue weighted by Gasteiger charge is -2.38. The molecular formula is C36H53Cl3N2O4. The number of ether oxygens (including phenoxy) is 2. The summed E-state index contributed by atoms with van der Waals surface area (Å²) < 4.78 is 11.1. The maximum Gasteiger partial charge on any atom is 0.276 e. The Morgan fingerprint density at radius 3 is 2.02 bits per heavy atom. The predicted octanol–water partition coefficient (Wildman–Crippen LogP) is 10.1. The summed E-state index contributed by atoms with van der Waals surface area (Å²) in [5, 5.41) is 12.2. The molecule has 0 radical (unpaired) electrons. The molecule has 1 fully saturated rings. The number of alkyl halides is 3. The third-order valence-electron chi connectivity index (χ3n) is 8.41. The zero-order valence-corrected chi connectivity index (χ0v) is 29.4. The number of hydrogen-bond acceptors (Lipinski definition) is 5. The summed E-state index contributed by atoms with van der Waals surface area (Å²) >= 11 is 17.3. The molecule has 0 aliphatic carbocycles. The van der Waals surface area contributed by atoms with Gasteiger partial charge in [-0.3, -0.25) is 4.79 Å². The molecule has 2 aromatic carbocycles. The topological polar surface area (TPSA) is 71.0 Å². The van der Waals surface area contributed by atoms with E-state index in [1.807, 2.05) is 36.4 Å². The molecule has 1 amide bonds. The van der Waals surface area contributed by atoms with Gasteiger partial charge >= 0.3 is 0 Å². The molecule has 0 spiro atoms. The molecule has 1 saturated heterocycles. The van der Waals surface area contributed by atoms with Gasteiger partial charge in [-0.15, -0.1) is 0 Å². The minimum atomic E-state index is -2.07. The molecule has 252 valence electrons. The molecule has 9 heteroatoms. The smallest absolute Gasteiger partial charge is 0.276 e. The molecule has 1 heterocycles. The van der Waals surface area contributed by atoms with Gasteiger partial charge in [0.2, 0.25) is 0 Å². The van der Waals surface area contributed by atoms with E-state index in [9.17, 15) is 9.90 Å². The van der Waals surface area contributed by atoms with Crippen molar-refractivity contribution in [3.05, 3.63) is 65.2 Å². The van der Waals surface area contributed by atoms with Crippen molar-refractivity contribution in [2.45, 2.75) is 126 Å². The molecule has 6 nitrogen and oxygen atoms in total. The average molecular weight is 684 g/mol. The number of hydrogen-bond donors (Lipinski definition) is 2. The highest BCUT2D eigenvalue weighted by molar-refractivity contribution is 6.76. The second-order valence-electron chi connectivity index (χ2n) is 12.3. The van der Waals surface area contributed by atoms with E-state index in [0.717, 1.165) is 42.7 Å². The van der Waals surface area contributed by atoms with Crippen molar-refractivity contribution in [3.8, 4) is 0 Å². The first-order valence-corrected chi connectivity index (χ1v) is 18.1. The van der Waals surface area contributed by atoms with Gasteiger partial charge in [-0.05, 0) is 49.2 Å². The van der Waals surface area contributed by atoms with E-state index < -0.39 is 16.0 Å². The molecule has 45 heavy (non-hydrogen) atoms. The SMILES string of the molecule is CCCCCCCCN(CCCCCCCC)C[C@H]1C[C@@H](c2ccc(CO)cc2)O[C@@H](c2cccc(NC(=O)C(Cl)(Cl)Cl)c2)O1. The Morgan fingerprint density at radius 1 is 0.844 bits per heavy atom. The van der Waals surface area contributed by atoms with Gasteiger partial charge < -0.3 is 24.8 Å². The molecule has 3 rings (SSSR count). The van der Waals surface area contributed by atoms with E-state index in [4.69, 9.17) is 44.3 Å². The number of aliphatic hydroxyl groups is 1. The summed E-state index contributed by atoms with van der Waals surface area (Å²) in [6.45, 7) is 7.49. The lowest BCUT2D eigenvalue weighted by molar-refractivity contribution is -0.253. The first-order valence-electron chi connectivity index (χ1n) is 16.9. The van der Waals surface area contributed by atoms with E-state index >= 15 is 0 Å². The zero-order chi connectivity index (χ0) is 32.5. The molecule has 1 aliphatic rings. The second-order valence-corrected chi connectivity index (χ2v) is 14.5. The van der Waals surface area contributed by atoms with E-state index in [2.05, 4.69) is 24.1 Å². The number of rotatable bonds is 20. The standard InChI is InChI=1S/C36H53Cl3N2O4/c1-3-5-7-9-11-13-22-41(23-14-12-10-8-6-4-2)26-32-25-33(29-20-18-28(27-42)19-21-29)45-34(44-32)30-16-15-17-31(24-30)40-35(43)36(37,38)39/h15-21,24,32-34,42H,3-14,22-23,25-27H2,1-2H3,(H,40,43)/t32-,33+,34+/m1/s1. The van der Waals surface area contributed by atoms with Crippen molar-refractivity contribution in [2.24, 2.45) is 0 Å². The normalized spacial score (nSPS) is 18.8. The van der Waals surface area contributed by atoms with E-state index in [-0.39, 0.29) is 18.8 Å². The van der Waals surface area contributed by atoms with Gasteiger partial charge in [0.25, 0.3) is 9.70 Å². The van der Waals surface area contributed by atoms with Gasteiger partial charge in [-0.1, -0.05) is 149 Å². The van der Waals surface area contributed by atoms with Crippen molar-refractivity contribution in [3.63, 3.8) is 0 Å². The molecule has 0 unspecified atom stereocenters. The summed E-state index contributed by atoms with van der Waals surface area (Å²) in [6, 6.07) is 15.2.